The lowest BCUT2D eigenvalue weighted by molar-refractivity contribution is 0.0935. The molecule has 0 aliphatic heterocycles. The normalized spacial score (nSPS) is 12.1. The molecule has 2 aromatic rings. The lowest BCUT2D eigenvalue weighted by Crippen LogP contribution is -2.37. The number of amides is 1. The number of aromatic nitrogens is 1. The predicted molar refractivity (Wildman–Crippen MR) is 88.9 cm³/mol. The molecule has 112 valence electrons. The number of carbonyl (C=O) groups excluding carboxylic acids is 1. The van der Waals surface area contributed by atoms with Crippen molar-refractivity contribution in [1.82, 2.24) is 10.3 Å². The van der Waals surface area contributed by atoms with Crippen molar-refractivity contribution in [3.63, 3.8) is 0 Å². The third-order valence-corrected chi connectivity index (χ3v) is 4.38. The van der Waals surface area contributed by atoms with Gasteiger partial charge in [-0.15, -0.1) is 11.3 Å². The molecule has 0 fully saturated rings. The van der Waals surface area contributed by atoms with Crippen molar-refractivity contribution in [2.45, 2.75) is 12.5 Å². The third-order valence-electron chi connectivity index (χ3n) is 3.06. The molecule has 1 heterocycles. The smallest absolute Gasteiger partial charge is 0.251 e. The minimum absolute atomic E-state index is 0.00397. The first-order valence-electron chi connectivity index (χ1n) is 6.64. The minimum atomic E-state index is -0.104. The van der Waals surface area contributed by atoms with E-state index >= 15 is 0 Å². The number of thiazole rings is 1. The van der Waals surface area contributed by atoms with Gasteiger partial charge in [0.25, 0.3) is 5.91 Å². The standard InChI is InChI=1S/C15H18N2O2S2/c1-20-8-13(6-7-18)17-15(19)12-4-2-11(3-5-12)14-9-21-10-16-14/h2-5,9-10,13,18H,6-8H2,1H3,(H,17,19). The summed E-state index contributed by atoms with van der Waals surface area (Å²) in [7, 11) is 0. The molecule has 1 aromatic heterocycles. The molecule has 1 atom stereocenters. The summed E-state index contributed by atoms with van der Waals surface area (Å²) in [6, 6.07) is 7.41. The summed E-state index contributed by atoms with van der Waals surface area (Å²) in [6.45, 7) is 0.0776. The van der Waals surface area contributed by atoms with Gasteiger partial charge in [0, 0.05) is 34.9 Å². The topological polar surface area (TPSA) is 62.2 Å². The average Bonchev–Trinajstić information content (AvgIpc) is 3.02. The third kappa shape index (κ3) is 4.56. The number of nitrogens with one attached hydrogen (secondary N) is 1. The van der Waals surface area contributed by atoms with Crippen LogP contribution in [0.3, 0.4) is 0 Å². The van der Waals surface area contributed by atoms with Gasteiger partial charge < -0.3 is 10.4 Å². The van der Waals surface area contributed by atoms with Gasteiger partial charge in [-0.25, -0.2) is 4.98 Å². The summed E-state index contributed by atoms with van der Waals surface area (Å²) in [5.41, 5.74) is 4.34. The first-order valence-corrected chi connectivity index (χ1v) is 8.97. The number of aliphatic hydroxyl groups excluding tert-OH is 1. The van der Waals surface area contributed by atoms with Gasteiger partial charge in [-0.3, -0.25) is 4.79 Å². The van der Waals surface area contributed by atoms with Crippen molar-refractivity contribution in [2.75, 3.05) is 18.6 Å². The SMILES string of the molecule is CSCC(CCO)NC(=O)c1ccc(-c2cscn2)cc1. The fourth-order valence-corrected chi connectivity index (χ4v) is 3.18. The van der Waals surface area contributed by atoms with Gasteiger partial charge in [0.15, 0.2) is 0 Å². The Morgan fingerprint density at radius 2 is 2.19 bits per heavy atom. The van der Waals surface area contributed by atoms with Crippen LogP contribution < -0.4 is 5.32 Å². The Hall–Kier alpha value is -1.37. The molecule has 0 saturated heterocycles. The van der Waals surface area contributed by atoms with Crippen LogP contribution in [0.25, 0.3) is 11.3 Å². The van der Waals surface area contributed by atoms with E-state index in [-0.39, 0.29) is 18.6 Å². The molecule has 0 bridgehead atoms. The number of rotatable bonds is 7. The highest BCUT2D eigenvalue weighted by Gasteiger charge is 2.13. The van der Waals surface area contributed by atoms with E-state index in [1.165, 1.54) is 0 Å². The largest absolute Gasteiger partial charge is 0.396 e. The molecular weight excluding hydrogens is 304 g/mol. The van der Waals surface area contributed by atoms with Crippen LogP contribution in [0.5, 0.6) is 0 Å². The second-order valence-corrected chi connectivity index (χ2v) is 6.22. The molecule has 0 aliphatic carbocycles. The zero-order chi connectivity index (χ0) is 15.1. The molecule has 6 heteroatoms. The number of nitrogens with zero attached hydrogens (tertiary/aromatic N) is 1. The van der Waals surface area contributed by atoms with Crippen LogP contribution in [-0.2, 0) is 0 Å². The Balaban J connectivity index is 2.02. The summed E-state index contributed by atoms with van der Waals surface area (Å²) in [5, 5.41) is 14.0. The number of hydrogen-bond donors (Lipinski definition) is 2. The Kier molecular flexibility index (Phi) is 6.22. The zero-order valence-corrected chi connectivity index (χ0v) is 13.4. The van der Waals surface area contributed by atoms with Crippen LogP contribution in [0.2, 0.25) is 0 Å². The van der Waals surface area contributed by atoms with Gasteiger partial charge in [0.2, 0.25) is 0 Å². The number of carbonyl (C=O) groups is 1. The second kappa shape index (κ2) is 8.17. The summed E-state index contributed by atoms with van der Waals surface area (Å²) < 4.78 is 0. The maximum atomic E-state index is 12.2. The number of hydrogen-bond acceptors (Lipinski definition) is 5. The summed E-state index contributed by atoms with van der Waals surface area (Å²) in [6.07, 6.45) is 2.56. The molecule has 4 nitrogen and oxygen atoms in total. The highest BCUT2D eigenvalue weighted by atomic mass is 32.2. The van der Waals surface area contributed by atoms with E-state index in [1.807, 2.05) is 23.8 Å². The fourth-order valence-electron chi connectivity index (χ4n) is 1.97. The van der Waals surface area contributed by atoms with Crippen LogP contribution in [0.1, 0.15) is 16.8 Å². The van der Waals surface area contributed by atoms with E-state index in [0.29, 0.717) is 12.0 Å². The highest BCUT2D eigenvalue weighted by molar-refractivity contribution is 7.98. The van der Waals surface area contributed by atoms with Crippen molar-refractivity contribution in [3.8, 4) is 11.3 Å². The zero-order valence-electron chi connectivity index (χ0n) is 11.8. The van der Waals surface area contributed by atoms with Gasteiger partial charge in [0.1, 0.15) is 0 Å². The Morgan fingerprint density at radius 1 is 1.43 bits per heavy atom. The first kappa shape index (κ1) is 16.0. The summed E-state index contributed by atoms with van der Waals surface area (Å²) >= 11 is 3.20. The molecule has 0 aliphatic rings. The number of benzene rings is 1. The van der Waals surface area contributed by atoms with E-state index in [9.17, 15) is 4.79 Å². The van der Waals surface area contributed by atoms with Gasteiger partial charge in [-0.05, 0) is 24.8 Å². The molecule has 2 rings (SSSR count). The van der Waals surface area contributed by atoms with Crippen LogP contribution in [0.4, 0.5) is 0 Å². The lowest BCUT2D eigenvalue weighted by atomic mass is 10.1. The molecule has 1 aromatic carbocycles. The lowest BCUT2D eigenvalue weighted by Gasteiger charge is -2.16. The Morgan fingerprint density at radius 3 is 2.76 bits per heavy atom. The molecule has 2 N–H and O–H groups in total. The van der Waals surface area contributed by atoms with Gasteiger partial charge in [0.05, 0.1) is 11.2 Å². The summed E-state index contributed by atoms with van der Waals surface area (Å²) in [4.78, 5) is 16.4. The van der Waals surface area contributed by atoms with Gasteiger partial charge >= 0.3 is 0 Å². The molecule has 1 unspecified atom stereocenters. The van der Waals surface area contributed by atoms with Crippen LogP contribution in [-0.4, -0.2) is 40.7 Å². The van der Waals surface area contributed by atoms with E-state index in [2.05, 4.69) is 10.3 Å². The van der Waals surface area contributed by atoms with Crippen molar-refractivity contribution in [2.24, 2.45) is 0 Å². The van der Waals surface area contributed by atoms with Crippen LogP contribution >= 0.6 is 23.1 Å². The van der Waals surface area contributed by atoms with Gasteiger partial charge in [-0.2, -0.15) is 11.8 Å². The Labute approximate surface area is 132 Å². The molecule has 0 radical (unpaired) electrons. The number of thioether (sulfide) groups is 1. The van der Waals surface area contributed by atoms with Gasteiger partial charge in [-0.1, -0.05) is 12.1 Å². The van der Waals surface area contributed by atoms with E-state index in [0.717, 1.165) is 17.0 Å². The first-order chi connectivity index (χ1) is 10.2. The van der Waals surface area contributed by atoms with Crippen molar-refractivity contribution in [1.29, 1.82) is 0 Å². The minimum Gasteiger partial charge on any atom is -0.396 e. The van der Waals surface area contributed by atoms with Crippen molar-refractivity contribution < 1.29 is 9.90 Å². The van der Waals surface area contributed by atoms with Crippen molar-refractivity contribution >= 4 is 29.0 Å². The predicted octanol–water partition coefficient (Wildman–Crippen LogP) is 2.65. The van der Waals surface area contributed by atoms with E-state index in [4.69, 9.17) is 5.11 Å². The maximum Gasteiger partial charge on any atom is 0.251 e. The monoisotopic (exact) mass is 322 g/mol. The average molecular weight is 322 g/mol. The van der Waals surface area contributed by atoms with Crippen LogP contribution in [0, 0.1) is 0 Å². The molecule has 21 heavy (non-hydrogen) atoms. The Bertz CT molecular complexity index is 550. The quantitative estimate of drug-likeness (QED) is 0.823. The number of aliphatic hydroxyl groups is 1. The van der Waals surface area contributed by atoms with Crippen molar-refractivity contribution in [3.05, 3.63) is 40.7 Å². The maximum absolute atomic E-state index is 12.2. The molecule has 0 spiro atoms. The fraction of sp³-hybridized carbons (Fsp3) is 0.333. The van der Waals surface area contributed by atoms with E-state index in [1.54, 1.807) is 40.7 Å². The van der Waals surface area contributed by atoms with Crippen LogP contribution in [0.15, 0.2) is 35.2 Å². The van der Waals surface area contributed by atoms with E-state index < -0.39 is 0 Å². The second-order valence-electron chi connectivity index (χ2n) is 4.59. The molecular formula is C15H18N2O2S2. The summed E-state index contributed by atoms with van der Waals surface area (Å²) in [5.74, 6) is 0.691. The highest BCUT2D eigenvalue weighted by Crippen LogP contribution is 2.19. The molecule has 0 saturated carbocycles. The molecule has 1 amide bonds.